The lowest BCUT2D eigenvalue weighted by atomic mass is 9.89. The van der Waals surface area contributed by atoms with Crippen molar-refractivity contribution in [1.82, 2.24) is 5.32 Å². The summed E-state index contributed by atoms with van der Waals surface area (Å²) in [6.07, 6.45) is 5.88. The molecule has 2 heterocycles. The maximum atomic E-state index is 12.4. The number of Topliss-reactive ketones (excluding diaryl/α,β-unsaturated/α-hetero) is 1. The maximum Gasteiger partial charge on any atom is 0.166 e. The molecule has 0 atom stereocenters. The Bertz CT molecular complexity index is 443. The highest BCUT2D eigenvalue weighted by atomic mass is 16.1. The summed E-state index contributed by atoms with van der Waals surface area (Å²) in [6.45, 7) is 4.26. The predicted molar refractivity (Wildman–Crippen MR) is 82.4 cm³/mol. The van der Waals surface area contributed by atoms with Gasteiger partial charge >= 0.3 is 0 Å². The second-order valence-electron chi connectivity index (χ2n) is 5.98. The smallest absolute Gasteiger partial charge is 0.166 e. The van der Waals surface area contributed by atoms with E-state index in [1.807, 2.05) is 12.1 Å². The van der Waals surface area contributed by atoms with Gasteiger partial charge in [-0.3, -0.25) is 4.79 Å². The van der Waals surface area contributed by atoms with Crippen molar-refractivity contribution in [3.05, 3.63) is 29.8 Å². The van der Waals surface area contributed by atoms with Gasteiger partial charge in [-0.15, -0.1) is 0 Å². The molecular weight excluding hydrogens is 248 g/mol. The first-order valence-electron chi connectivity index (χ1n) is 7.94. The van der Waals surface area contributed by atoms with Crippen LogP contribution in [0.2, 0.25) is 0 Å². The summed E-state index contributed by atoms with van der Waals surface area (Å²) in [5, 5.41) is 3.31. The second kappa shape index (κ2) is 6.40. The molecule has 0 aliphatic carbocycles. The third-order valence-corrected chi connectivity index (χ3v) is 4.58. The van der Waals surface area contributed by atoms with E-state index in [1.54, 1.807) is 0 Å². The lowest BCUT2D eigenvalue weighted by molar-refractivity contribution is 0.0895. The van der Waals surface area contributed by atoms with Gasteiger partial charge in [0.25, 0.3) is 0 Å². The number of ketones is 1. The molecule has 0 aromatic heterocycles. The molecule has 0 unspecified atom stereocenters. The van der Waals surface area contributed by atoms with Crippen LogP contribution in [0, 0.1) is 5.92 Å². The van der Waals surface area contributed by atoms with Gasteiger partial charge in [-0.25, -0.2) is 0 Å². The van der Waals surface area contributed by atoms with Crippen LogP contribution in [0.5, 0.6) is 0 Å². The Balaban J connectivity index is 1.67. The van der Waals surface area contributed by atoms with Crippen LogP contribution >= 0.6 is 0 Å². The van der Waals surface area contributed by atoms with Gasteiger partial charge in [-0.2, -0.15) is 0 Å². The minimum atomic E-state index is 0.220. The van der Waals surface area contributed by atoms with Crippen LogP contribution in [0.3, 0.4) is 0 Å². The van der Waals surface area contributed by atoms with Gasteiger partial charge in [-0.1, -0.05) is 0 Å². The van der Waals surface area contributed by atoms with Gasteiger partial charge in [0.1, 0.15) is 0 Å². The fourth-order valence-electron chi connectivity index (χ4n) is 3.31. The Morgan fingerprint density at radius 3 is 2.30 bits per heavy atom. The molecule has 1 N–H and O–H groups in total. The van der Waals surface area contributed by atoms with Gasteiger partial charge < -0.3 is 10.2 Å². The van der Waals surface area contributed by atoms with Crippen molar-refractivity contribution in [1.29, 1.82) is 0 Å². The van der Waals surface area contributed by atoms with E-state index in [0.29, 0.717) is 5.78 Å². The van der Waals surface area contributed by atoms with E-state index in [9.17, 15) is 4.79 Å². The molecule has 1 aromatic rings. The predicted octanol–water partition coefficient (Wildman–Crippen LogP) is 2.86. The number of carbonyl (C=O) groups excluding carboxylic acids is 1. The molecule has 0 saturated carbocycles. The third-order valence-electron chi connectivity index (χ3n) is 4.58. The highest BCUT2D eigenvalue weighted by Crippen LogP contribution is 2.23. The average Bonchev–Trinajstić information content (AvgIpc) is 2.56. The topological polar surface area (TPSA) is 32.3 Å². The number of hydrogen-bond acceptors (Lipinski definition) is 3. The van der Waals surface area contributed by atoms with Crippen molar-refractivity contribution in [2.75, 3.05) is 31.1 Å². The van der Waals surface area contributed by atoms with Crippen LogP contribution in [-0.4, -0.2) is 32.0 Å². The van der Waals surface area contributed by atoms with Crippen LogP contribution < -0.4 is 10.2 Å². The minimum Gasteiger partial charge on any atom is -0.372 e. The van der Waals surface area contributed by atoms with Crippen LogP contribution in [-0.2, 0) is 0 Å². The molecule has 3 nitrogen and oxygen atoms in total. The third kappa shape index (κ3) is 3.04. The lowest BCUT2D eigenvalue weighted by Gasteiger charge is -2.29. The molecule has 3 rings (SSSR count). The summed E-state index contributed by atoms with van der Waals surface area (Å²) in [4.78, 5) is 14.9. The van der Waals surface area contributed by atoms with E-state index < -0.39 is 0 Å². The highest BCUT2D eigenvalue weighted by molar-refractivity contribution is 5.98. The average molecular weight is 272 g/mol. The normalized spacial score (nSPS) is 20.9. The summed E-state index contributed by atoms with van der Waals surface area (Å²) in [5.41, 5.74) is 2.16. The summed E-state index contributed by atoms with van der Waals surface area (Å²) >= 11 is 0. The number of nitrogens with zero attached hydrogens (tertiary/aromatic N) is 1. The molecule has 2 aliphatic heterocycles. The zero-order chi connectivity index (χ0) is 13.8. The monoisotopic (exact) mass is 272 g/mol. The summed E-state index contributed by atoms with van der Waals surface area (Å²) in [6, 6.07) is 8.29. The van der Waals surface area contributed by atoms with Crippen LogP contribution in [0.25, 0.3) is 0 Å². The Labute approximate surface area is 121 Å². The quantitative estimate of drug-likeness (QED) is 0.859. The van der Waals surface area contributed by atoms with Crippen molar-refractivity contribution in [3.8, 4) is 0 Å². The molecule has 1 aromatic carbocycles. The van der Waals surface area contributed by atoms with Gasteiger partial charge in [-0.05, 0) is 69.5 Å². The molecule has 108 valence electrons. The molecule has 3 heteroatoms. The molecule has 0 spiro atoms. The zero-order valence-corrected chi connectivity index (χ0v) is 12.1. The van der Waals surface area contributed by atoms with Crippen LogP contribution in [0.15, 0.2) is 24.3 Å². The summed E-state index contributed by atoms with van der Waals surface area (Å²) < 4.78 is 0. The van der Waals surface area contributed by atoms with E-state index in [1.165, 1.54) is 24.9 Å². The van der Waals surface area contributed by atoms with Crippen molar-refractivity contribution in [3.63, 3.8) is 0 Å². The molecule has 0 radical (unpaired) electrons. The molecule has 2 saturated heterocycles. The van der Waals surface area contributed by atoms with Crippen molar-refractivity contribution in [2.45, 2.75) is 32.1 Å². The summed E-state index contributed by atoms with van der Waals surface area (Å²) in [5.74, 6) is 0.550. The Hall–Kier alpha value is -1.35. The number of piperidine rings is 2. The van der Waals surface area contributed by atoms with Crippen molar-refractivity contribution in [2.24, 2.45) is 5.92 Å². The number of benzene rings is 1. The maximum absolute atomic E-state index is 12.4. The number of anilines is 1. The number of hydrogen-bond donors (Lipinski definition) is 1. The molecule has 2 fully saturated rings. The molecule has 2 aliphatic rings. The van der Waals surface area contributed by atoms with E-state index in [4.69, 9.17) is 0 Å². The van der Waals surface area contributed by atoms with E-state index in [-0.39, 0.29) is 5.92 Å². The zero-order valence-electron chi connectivity index (χ0n) is 12.1. The summed E-state index contributed by atoms with van der Waals surface area (Å²) in [7, 11) is 0. The SMILES string of the molecule is O=C(c1ccc(N2CCCCC2)cc1)C1CCNCC1. The number of nitrogens with one attached hydrogen (secondary N) is 1. The second-order valence-corrected chi connectivity index (χ2v) is 5.98. The molecule has 20 heavy (non-hydrogen) atoms. The van der Waals surface area contributed by atoms with Crippen LogP contribution in [0.4, 0.5) is 5.69 Å². The largest absolute Gasteiger partial charge is 0.372 e. The first-order valence-corrected chi connectivity index (χ1v) is 7.94. The van der Waals surface area contributed by atoms with Gasteiger partial charge in [0.2, 0.25) is 0 Å². The number of rotatable bonds is 3. The van der Waals surface area contributed by atoms with Gasteiger partial charge in [0.05, 0.1) is 0 Å². The van der Waals surface area contributed by atoms with Crippen molar-refractivity contribution >= 4 is 11.5 Å². The fraction of sp³-hybridized carbons (Fsp3) is 0.588. The highest BCUT2D eigenvalue weighted by Gasteiger charge is 2.22. The molecule has 0 amide bonds. The van der Waals surface area contributed by atoms with E-state index in [2.05, 4.69) is 22.3 Å². The van der Waals surface area contributed by atoms with E-state index >= 15 is 0 Å². The Morgan fingerprint density at radius 2 is 1.65 bits per heavy atom. The van der Waals surface area contributed by atoms with Crippen LogP contribution in [0.1, 0.15) is 42.5 Å². The molecule has 0 bridgehead atoms. The lowest BCUT2D eigenvalue weighted by Crippen LogP contribution is -2.32. The first-order chi connectivity index (χ1) is 9.84. The molecular formula is C17H24N2O. The standard InChI is InChI=1S/C17H24N2O/c20-17(15-8-10-18-11-9-15)14-4-6-16(7-5-14)19-12-2-1-3-13-19/h4-7,15,18H,1-3,8-13H2. The van der Waals surface area contributed by atoms with E-state index in [0.717, 1.165) is 44.6 Å². The van der Waals surface area contributed by atoms with Crippen molar-refractivity contribution < 1.29 is 4.79 Å². The Kier molecular flexibility index (Phi) is 4.36. The minimum absolute atomic E-state index is 0.220. The van der Waals surface area contributed by atoms with Gasteiger partial charge in [0, 0.05) is 30.3 Å². The first kappa shape index (κ1) is 13.6. The van der Waals surface area contributed by atoms with Gasteiger partial charge in [0.15, 0.2) is 5.78 Å². The Morgan fingerprint density at radius 1 is 1.00 bits per heavy atom. The fourth-order valence-corrected chi connectivity index (χ4v) is 3.31. The number of carbonyl (C=O) groups is 1.